The van der Waals surface area contributed by atoms with Crippen molar-refractivity contribution in [3.63, 3.8) is 0 Å². The van der Waals surface area contributed by atoms with E-state index in [9.17, 15) is 19.1 Å². The summed E-state index contributed by atoms with van der Waals surface area (Å²) < 4.78 is 14.8. The Kier molecular flexibility index (Phi) is 5.23. The van der Waals surface area contributed by atoms with Crippen LogP contribution >= 0.6 is 11.6 Å². The fourth-order valence-corrected chi connectivity index (χ4v) is 2.95. The summed E-state index contributed by atoms with van der Waals surface area (Å²) in [6, 6.07) is 14.3. The van der Waals surface area contributed by atoms with Gasteiger partial charge >= 0.3 is 5.97 Å². The molecular formula is C21H15ClFNO3. The summed E-state index contributed by atoms with van der Waals surface area (Å²) in [6.45, 7) is 1.53. The number of nitrogens with one attached hydrogen (secondary N) is 1. The van der Waals surface area contributed by atoms with Gasteiger partial charge in [-0.2, -0.15) is 0 Å². The molecule has 0 saturated heterocycles. The molecule has 27 heavy (non-hydrogen) atoms. The lowest BCUT2D eigenvalue weighted by molar-refractivity contribution is -0.112. The Morgan fingerprint density at radius 2 is 1.78 bits per heavy atom. The van der Waals surface area contributed by atoms with Gasteiger partial charge < -0.3 is 10.4 Å². The molecule has 0 atom stereocenters. The molecule has 0 fully saturated rings. The minimum Gasteiger partial charge on any atom is -0.478 e. The number of carbonyl (C=O) groups excluding carboxylic acids is 1. The number of halogens is 2. The van der Waals surface area contributed by atoms with E-state index in [4.69, 9.17) is 11.6 Å². The normalized spacial score (nSPS) is 11.4. The van der Waals surface area contributed by atoms with Crippen LogP contribution in [-0.4, -0.2) is 17.0 Å². The Morgan fingerprint density at radius 1 is 1.04 bits per heavy atom. The molecule has 0 aliphatic heterocycles. The molecule has 0 radical (unpaired) electrons. The van der Waals surface area contributed by atoms with Gasteiger partial charge in [0, 0.05) is 26.9 Å². The molecule has 0 bridgehead atoms. The Morgan fingerprint density at radius 3 is 2.52 bits per heavy atom. The number of carboxylic acid groups (broad SMARTS) is 1. The number of benzene rings is 3. The van der Waals surface area contributed by atoms with Gasteiger partial charge in [-0.3, -0.25) is 4.79 Å². The van der Waals surface area contributed by atoms with E-state index in [1.807, 2.05) is 0 Å². The average Bonchev–Trinajstić information content (AvgIpc) is 2.64. The molecule has 0 aliphatic rings. The van der Waals surface area contributed by atoms with E-state index in [-0.39, 0.29) is 22.4 Å². The maximum Gasteiger partial charge on any atom is 0.337 e. The molecule has 0 unspecified atom stereocenters. The molecule has 4 nitrogen and oxygen atoms in total. The van der Waals surface area contributed by atoms with Gasteiger partial charge in [-0.05, 0) is 31.2 Å². The summed E-state index contributed by atoms with van der Waals surface area (Å²) in [5, 5.41) is 13.1. The first-order valence-electron chi connectivity index (χ1n) is 8.07. The molecule has 0 heterocycles. The second-order valence-corrected chi connectivity index (χ2v) is 6.34. The van der Waals surface area contributed by atoms with Crippen LogP contribution in [0.15, 0.2) is 60.2 Å². The quantitative estimate of drug-likeness (QED) is 0.595. The van der Waals surface area contributed by atoms with Crippen molar-refractivity contribution in [2.75, 3.05) is 5.32 Å². The molecule has 3 rings (SSSR count). The minimum atomic E-state index is -1.15. The number of carbonyl (C=O) groups is 2. The molecule has 0 spiro atoms. The summed E-state index contributed by atoms with van der Waals surface area (Å²) in [5.41, 5.74) is 0.623. The van der Waals surface area contributed by atoms with Gasteiger partial charge in [-0.15, -0.1) is 0 Å². The zero-order chi connectivity index (χ0) is 19.6. The first kappa shape index (κ1) is 18.6. The highest BCUT2D eigenvalue weighted by atomic mass is 35.5. The molecule has 6 heteroatoms. The maximum absolute atomic E-state index is 14.8. The van der Waals surface area contributed by atoms with Crippen molar-refractivity contribution in [2.45, 2.75) is 6.92 Å². The second kappa shape index (κ2) is 7.60. The number of fused-ring (bicyclic) bond motifs is 1. The Balaban J connectivity index is 1.92. The van der Waals surface area contributed by atoms with E-state index in [1.54, 1.807) is 42.5 Å². The number of hydrogen-bond acceptors (Lipinski definition) is 2. The molecule has 3 aromatic rings. The van der Waals surface area contributed by atoms with Gasteiger partial charge in [-0.25, -0.2) is 9.18 Å². The number of anilines is 1. The van der Waals surface area contributed by atoms with Gasteiger partial charge in [0.2, 0.25) is 0 Å². The van der Waals surface area contributed by atoms with E-state index < -0.39 is 17.7 Å². The highest BCUT2D eigenvalue weighted by molar-refractivity contribution is 6.35. The topological polar surface area (TPSA) is 66.4 Å². The number of hydrogen-bond donors (Lipinski definition) is 2. The van der Waals surface area contributed by atoms with Crippen molar-refractivity contribution < 1.29 is 19.1 Å². The molecular weight excluding hydrogens is 369 g/mol. The Bertz CT molecular complexity index is 1090. The summed E-state index contributed by atoms with van der Waals surface area (Å²) in [6.07, 6.45) is 1.41. The average molecular weight is 384 g/mol. The Hall–Kier alpha value is -3.18. The van der Waals surface area contributed by atoms with Crippen molar-refractivity contribution in [1.82, 2.24) is 0 Å². The maximum atomic E-state index is 14.8. The molecule has 136 valence electrons. The van der Waals surface area contributed by atoms with E-state index in [2.05, 4.69) is 5.32 Å². The SMILES string of the molecule is C/C(=C\c1ccc2c(Cl)cccc2c1F)C(=O)Nc1ccccc1C(=O)O. The number of amides is 1. The third-order valence-corrected chi connectivity index (χ3v) is 4.44. The van der Waals surface area contributed by atoms with Crippen molar-refractivity contribution in [3.8, 4) is 0 Å². The standard InChI is InChI=1S/C21H15ClFNO3/c1-12(20(25)24-18-8-3-2-5-16(18)21(26)27)11-13-9-10-14-15(19(13)23)6-4-7-17(14)22/h2-11H,1H3,(H,24,25)(H,26,27)/b12-11+. The number of aromatic carboxylic acids is 1. The molecule has 0 aromatic heterocycles. The van der Waals surface area contributed by atoms with Crippen LogP contribution in [0, 0.1) is 5.82 Å². The van der Waals surface area contributed by atoms with Crippen LogP contribution in [-0.2, 0) is 4.79 Å². The van der Waals surface area contributed by atoms with Gasteiger partial charge in [0.05, 0.1) is 11.3 Å². The number of para-hydroxylation sites is 1. The van der Waals surface area contributed by atoms with E-state index in [0.717, 1.165) is 0 Å². The molecule has 0 aliphatic carbocycles. The van der Waals surface area contributed by atoms with Crippen LogP contribution in [0.5, 0.6) is 0 Å². The van der Waals surface area contributed by atoms with Gasteiger partial charge in [0.25, 0.3) is 5.91 Å². The van der Waals surface area contributed by atoms with Crippen molar-refractivity contribution in [1.29, 1.82) is 0 Å². The highest BCUT2D eigenvalue weighted by Gasteiger charge is 2.14. The molecule has 1 amide bonds. The Labute approximate surface area is 159 Å². The number of rotatable bonds is 4. The first-order chi connectivity index (χ1) is 12.9. The highest BCUT2D eigenvalue weighted by Crippen LogP contribution is 2.28. The molecule has 3 aromatic carbocycles. The zero-order valence-electron chi connectivity index (χ0n) is 14.3. The lowest BCUT2D eigenvalue weighted by Crippen LogP contribution is -2.15. The second-order valence-electron chi connectivity index (χ2n) is 5.94. The fraction of sp³-hybridized carbons (Fsp3) is 0.0476. The van der Waals surface area contributed by atoms with Crippen LogP contribution in [0.3, 0.4) is 0 Å². The largest absolute Gasteiger partial charge is 0.478 e. The third-order valence-electron chi connectivity index (χ3n) is 4.11. The van der Waals surface area contributed by atoms with Crippen molar-refractivity contribution in [3.05, 3.63) is 82.1 Å². The van der Waals surface area contributed by atoms with Gasteiger partial charge in [-0.1, -0.05) is 48.0 Å². The van der Waals surface area contributed by atoms with Crippen molar-refractivity contribution >= 4 is 46.0 Å². The molecule has 0 saturated carbocycles. The number of carboxylic acids is 1. The zero-order valence-corrected chi connectivity index (χ0v) is 15.0. The van der Waals surface area contributed by atoms with Gasteiger partial charge in [0.1, 0.15) is 5.82 Å². The summed E-state index contributed by atoms with van der Waals surface area (Å²) in [7, 11) is 0. The predicted molar refractivity (Wildman–Crippen MR) is 105 cm³/mol. The predicted octanol–water partition coefficient (Wildman–Crippen LogP) is 5.37. The van der Waals surface area contributed by atoms with Crippen LogP contribution in [0.2, 0.25) is 5.02 Å². The minimum absolute atomic E-state index is 0.0230. The van der Waals surface area contributed by atoms with E-state index >= 15 is 0 Å². The lowest BCUT2D eigenvalue weighted by Gasteiger charge is -2.09. The first-order valence-corrected chi connectivity index (χ1v) is 8.45. The van der Waals surface area contributed by atoms with Crippen LogP contribution in [0.1, 0.15) is 22.8 Å². The van der Waals surface area contributed by atoms with Crippen LogP contribution in [0.25, 0.3) is 16.8 Å². The molecule has 2 N–H and O–H groups in total. The monoisotopic (exact) mass is 383 g/mol. The summed E-state index contributed by atoms with van der Waals surface area (Å²) in [5.74, 6) is -2.15. The van der Waals surface area contributed by atoms with Crippen molar-refractivity contribution in [2.24, 2.45) is 0 Å². The summed E-state index contributed by atoms with van der Waals surface area (Å²) in [4.78, 5) is 23.6. The van der Waals surface area contributed by atoms with E-state index in [0.29, 0.717) is 15.8 Å². The summed E-state index contributed by atoms with van der Waals surface area (Å²) >= 11 is 6.07. The van der Waals surface area contributed by atoms with Gasteiger partial charge in [0.15, 0.2) is 0 Å². The fourth-order valence-electron chi connectivity index (χ4n) is 2.71. The van der Waals surface area contributed by atoms with E-state index in [1.165, 1.54) is 25.1 Å². The third kappa shape index (κ3) is 3.83. The van der Waals surface area contributed by atoms with Crippen LogP contribution in [0.4, 0.5) is 10.1 Å². The van der Waals surface area contributed by atoms with Crippen LogP contribution < -0.4 is 5.32 Å². The lowest BCUT2D eigenvalue weighted by atomic mass is 10.0. The smallest absolute Gasteiger partial charge is 0.337 e.